The summed E-state index contributed by atoms with van der Waals surface area (Å²) >= 11 is 1.80. The molecule has 2 aliphatic rings. The molecule has 1 amide bonds. The molecule has 4 heteroatoms. The standard InChI is InChI=1S/C31H25NO2S/c1-22-29(24-15-7-3-8-16-24)30(33)32-26-19-11-12-20-27(26)35-28(23-13-5-2-6-14-23)21-31(32,34-22)25-17-9-4-10-18-25/h2-20,28H,21H2,1H3/t28-,31-/m0/s1. The van der Waals surface area contributed by atoms with Crippen molar-refractivity contribution in [2.24, 2.45) is 0 Å². The van der Waals surface area contributed by atoms with Gasteiger partial charge in [0.25, 0.3) is 5.91 Å². The number of amides is 1. The predicted octanol–water partition coefficient (Wildman–Crippen LogP) is 7.57. The molecule has 0 N–H and O–H groups in total. The molecule has 0 aromatic heterocycles. The van der Waals surface area contributed by atoms with E-state index in [9.17, 15) is 4.79 Å². The molecule has 0 spiro atoms. The molecule has 0 saturated heterocycles. The highest BCUT2D eigenvalue weighted by atomic mass is 32.2. The van der Waals surface area contributed by atoms with Gasteiger partial charge in [0.1, 0.15) is 5.76 Å². The van der Waals surface area contributed by atoms with Crippen molar-refractivity contribution in [3.8, 4) is 0 Å². The number of fused-ring (bicyclic) bond motifs is 3. The summed E-state index contributed by atoms with van der Waals surface area (Å²) in [5, 5.41) is 0.0985. The molecule has 172 valence electrons. The van der Waals surface area contributed by atoms with Crippen LogP contribution in [0.4, 0.5) is 5.69 Å². The molecule has 4 aromatic rings. The minimum Gasteiger partial charge on any atom is -0.467 e. The fourth-order valence-corrected chi connectivity index (χ4v) is 6.54. The first-order chi connectivity index (χ1) is 17.2. The molecule has 2 heterocycles. The number of para-hydroxylation sites is 1. The number of carbonyl (C=O) groups excluding carboxylic acids is 1. The summed E-state index contributed by atoms with van der Waals surface area (Å²) in [5.41, 5.74) is 3.57. The van der Waals surface area contributed by atoms with Crippen LogP contribution < -0.4 is 4.90 Å². The number of anilines is 1. The summed E-state index contributed by atoms with van der Waals surface area (Å²) < 4.78 is 6.96. The highest BCUT2D eigenvalue weighted by molar-refractivity contribution is 7.99. The maximum Gasteiger partial charge on any atom is 0.265 e. The van der Waals surface area contributed by atoms with Gasteiger partial charge in [-0.25, -0.2) is 0 Å². The van der Waals surface area contributed by atoms with E-state index >= 15 is 0 Å². The maximum atomic E-state index is 14.5. The van der Waals surface area contributed by atoms with Crippen LogP contribution in [0, 0.1) is 0 Å². The Balaban J connectivity index is 1.63. The van der Waals surface area contributed by atoms with Gasteiger partial charge in [0.2, 0.25) is 5.72 Å². The lowest BCUT2D eigenvalue weighted by molar-refractivity contribution is -0.123. The lowest BCUT2D eigenvalue weighted by Crippen LogP contribution is -2.55. The summed E-state index contributed by atoms with van der Waals surface area (Å²) in [6.45, 7) is 1.92. The molecule has 6 rings (SSSR count). The second-order valence-corrected chi connectivity index (χ2v) is 10.1. The van der Waals surface area contributed by atoms with Gasteiger partial charge in [0.15, 0.2) is 0 Å². The average molecular weight is 476 g/mol. The van der Waals surface area contributed by atoms with Crippen molar-refractivity contribution in [2.75, 3.05) is 4.90 Å². The summed E-state index contributed by atoms with van der Waals surface area (Å²) in [7, 11) is 0. The van der Waals surface area contributed by atoms with Gasteiger partial charge < -0.3 is 4.74 Å². The highest BCUT2D eigenvalue weighted by Crippen LogP contribution is 2.56. The van der Waals surface area contributed by atoms with E-state index in [1.807, 2.05) is 84.6 Å². The number of rotatable bonds is 3. The third-order valence-electron chi connectivity index (χ3n) is 6.75. The zero-order valence-corrected chi connectivity index (χ0v) is 20.2. The lowest BCUT2D eigenvalue weighted by atomic mass is 9.89. The largest absolute Gasteiger partial charge is 0.467 e. The Morgan fingerprint density at radius 2 is 1.40 bits per heavy atom. The Labute approximate surface area is 210 Å². The average Bonchev–Trinajstić information content (AvgIpc) is 3.05. The summed E-state index contributed by atoms with van der Waals surface area (Å²) in [6.07, 6.45) is 0.617. The van der Waals surface area contributed by atoms with Crippen molar-refractivity contribution in [1.29, 1.82) is 0 Å². The first-order valence-electron chi connectivity index (χ1n) is 11.8. The van der Waals surface area contributed by atoms with Crippen molar-refractivity contribution >= 4 is 28.9 Å². The minimum atomic E-state index is -0.971. The zero-order chi connectivity index (χ0) is 23.8. The molecule has 0 bridgehead atoms. The van der Waals surface area contributed by atoms with Crippen LogP contribution in [0.2, 0.25) is 0 Å². The third-order valence-corrected chi connectivity index (χ3v) is 8.07. The first kappa shape index (κ1) is 21.8. The third kappa shape index (κ3) is 3.65. The predicted molar refractivity (Wildman–Crippen MR) is 142 cm³/mol. The fraction of sp³-hybridized carbons (Fsp3) is 0.129. The van der Waals surface area contributed by atoms with E-state index in [-0.39, 0.29) is 11.2 Å². The summed E-state index contributed by atoms with van der Waals surface area (Å²) in [6, 6.07) is 38.7. The van der Waals surface area contributed by atoms with Crippen LogP contribution >= 0.6 is 11.8 Å². The number of thioether (sulfide) groups is 1. The number of benzene rings is 4. The normalized spacial score (nSPS) is 21.6. The minimum absolute atomic E-state index is 0.0365. The number of hydrogen-bond donors (Lipinski definition) is 0. The molecule has 0 aliphatic carbocycles. The Kier molecular flexibility index (Phi) is 5.46. The van der Waals surface area contributed by atoms with Crippen molar-refractivity contribution < 1.29 is 9.53 Å². The lowest BCUT2D eigenvalue weighted by Gasteiger charge is -2.47. The number of carbonyl (C=O) groups is 1. The van der Waals surface area contributed by atoms with E-state index < -0.39 is 5.72 Å². The summed E-state index contributed by atoms with van der Waals surface area (Å²) in [5.74, 6) is 0.614. The summed E-state index contributed by atoms with van der Waals surface area (Å²) in [4.78, 5) is 17.5. The van der Waals surface area contributed by atoms with Crippen LogP contribution in [-0.4, -0.2) is 5.91 Å². The Morgan fingerprint density at radius 1 is 0.800 bits per heavy atom. The molecular formula is C31H25NO2S. The van der Waals surface area contributed by atoms with Crippen molar-refractivity contribution in [2.45, 2.75) is 29.2 Å². The molecule has 0 radical (unpaired) electrons. The molecule has 0 unspecified atom stereocenters. The van der Waals surface area contributed by atoms with Gasteiger partial charge in [-0.05, 0) is 30.2 Å². The molecule has 2 aliphatic heterocycles. The monoisotopic (exact) mass is 475 g/mol. The highest BCUT2D eigenvalue weighted by Gasteiger charge is 2.53. The molecule has 0 saturated carbocycles. The van der Waals surface area contributed by atoms with Crippen LogP contribution in [0.15, 0.2) is 126 Å². The fourth-order valence-electron chi connectivity index (χ4n) is 5.19. The second-order valence-electron chi connectivity index (χ2n) is 8.88. The molecule has 0 fully saturated rings. The van der Waals surface area contributed by atoms with Gasteiger partial charge in [-0.15, -0.1) is 11.8 Å². The van der Waals surface area contributed by atoms with Crippen molar-refractivity contribution in [3.63, 3.8) is 0 Å². The molecule has 2 atom stereocenters. The van der Waals surface area contributed by atoms with Crippen LogP contribution in [0.5, 0.6) is 0 Å². The first-order valence-corrected chi connectivity index (χ1v) is 12.7. The number of nitrogens with zero attached hydrogens (tertiary/aromatic N) is 1. The van der Waals surface area contributed by atoms with Gasteiger partial charge in [-0.2, -0.15) is 0 Å². The zero-order valence-electron chi connectivity index (χ0n) is 19.4. The van der Waals surface area contributed by atoms with E-state index in [1.54, 1.807) is 11.8 Å². The van der Waals surface area contributed by atoms with Crippen LogP contribution in [0.25, 0.3) is 5.57 Å². The molecule has 35 heavy (non-hydrogen) atoms. The topological polar surface area (TPSA) is 29.5 Å². The van der Waals surface area contributed by atoms with Crippen LogP contribution in [0.3, 0.4) is 0 Å². The van der Waals surface area contributed by atoms with Gasteiger partial charge >= 0.3 is 0 Å². The van der Waals surface area contributed by atoms with Crippen LogP contribution in [0.1, 0.15) is 35.3 Å². The van der Waals surface area contributed by atoms with Crippen LogP contribution in [-0.2, 0) is 15.3 Å². The number of ether oxygens (including phenoxy) is 1. The van der Waals surface area contributed by atoms with E-state index in [1.165, 1.54) is 5.56 Å². The molecule has 3 nitrogen and oxygen atoms in total. The Bertz CT molecular complexity index is 1400. The molecular weight excluding hydrogens is 450 g/mol. The number of hydrogen-bond acceptors (Lipinski definition) is 3. The SMILES string of the molecule is CC1=C(c2ccccc2)C(=O)N2c3ccccc3S[C@H](c3ccccc3)C[C@@]2(c2ccccc2)O1. The quantitative estimate of drug-likeness (QED) is 0.306. The van der Waals surface area contributed by atoms with Gasteiger partial charge in [-0.3, -0.25) is 9.69 Å². The van der Waals surface area contributed by atoms with Crippen molar-refractivity contribution in [3.05, 3.63) is 138 Å². The Hall–Kier alpha value is -3.76. The van der Waals surface area contributed by atoms with Gasteiger partial charge in [0.05, 0.1) is 11.3 Å². The van der Waals surface area contributed by atoms with Crippen molar-refractivity contribution in [1.82, 2.24) is 0 Å². The number of allylic oxidation sites excluding steroid dienone is 1. The Morgan fingerprint density at radius 3 is 2.11 bits per heavy atom. The van der Waals surface area contributed by atoms with E-state index in [4.69, 9.17) is 4.74 Å². The van der Waals surface area contributed by atoms with E-state index in [2.05, 4.69) is 42.5 Å². The second kappa shape index (κ2) is 8.79. The van der Waals surface area contributed by atoms with E-state index in [0.717, 1.165) is 21.7 Å². The maximum absolute atomic E-state index is 14.5. The smallest absolute Gasteiger partial charge is 0.265 e. The van der Waals surface area contributed by atoms with Gasteiger partial charge in [-0.1, -0.05) is 103 Å². The van der Waals surface area contributed by atoms with E-state index in [0.29, 0.717) is 17.8 Å². The molecule has 4 aromatic carbocycles. The van der Waals surface area contributed by atoms with Gasteiger partial charge in [0, 0.05) is 22.1 Å².